The Kier molecular flexibility index (Phi) is 7.45. The fraction of sp³-hybridized carbons (Fsp3) is 0.217. The van der Waals surface area contributed by atoms with Gasteiger partial charge in [0.1, 0.15) is 6.26 Å². The number of carbonyl (C=O) groups is 1. The van der Waals surface area contributed by atoms with Crippen molar-refractivity contribution >= 4 is 21.7 Å². The Balaban J connectivity index is 1.49. The summed E-state index contributed by atoms with van der Waals surface area (Å²) in [7, 11) is -2.11. The van der Waals surface area contributed by atoms with Gasteiger partial charge in [-0.05, 0) is 43.3 Å². The normalized spacial score (nSPS) is 11.3. The SMILES string of the molecule is C=CCN(C)S(=O)(=O)c1ccc(NC(=O)NCCc2coc(-c3ccc(C)cc3)n2)cc1. The zero-order valence-electron chi connectivity index (χ0n) is 18.0. The minimum atomic E-state index is -3.59. The molecule has 0 saturated heterocycles. The van der Waals surface area contributed by atoms with E-state index < -0.39 is 16.1 Å². The van der Waals surface area contributed by atoms with Gasteiger partial charge in [0.05, 0.1) is 10.6 Å². The molecule has 2 amide bonds. The predicted molar refractivity (Wildman–Crippen MR) is 124 cm³/mol. The highest BCUT2D eigenvalue weighted by Crippen LogP contribution is 2.19. The van der Waals surface area contributed by atoms with Gasteiger partial charge >= 0.3 is 6.03 Å². The summed E-state index contributed by atoms with van der Waals surface area (Å²) in [5, 5.41) is 5.43. The Morgan fingerprint density at radius 2 is 1.84 bits per heavy atom. The highest BCUT2D eigenvalue weighted by Gasteiger charge is 2.19. The van der Waals surface area contributed by atoms with Crippen LogP contribution in [-0.2, 0) is 16.4 Å². The van der Waals surface area contributed by atoms with E-state index in [0.717, 1.165) is 16.8 Å². The molecular weight excluding hydrogens is 428 g/mol. The maximum Gasteiger partial charge on any atom is 0.319 e. The number of aryl methyl sites for hydroxylation is 1. The van der Waals surface area contributed by atoms with Crippen LogP contribution in [0, 0.1) is 6.92 Å². The summed E-state index contributed by atoms with van der Waals surface area (Å²) in [6.07, 6.45) is 3.60. The second kappa shape index (κ2) is 10.3. The van der Waals surface area contributed by atoms with Crippen molar-refractivity contribution in [2.75, 3.05) is 25.5 Å². The summed E-state index contributed by atoms with van der Waals surface area (Å²) in [6.45, 7) is 6.14. The molecule has 0 bridgehead atoms. The molecule has 0 radical (unpaired) electrons. The number of amides is 2. The molecule has 1 heterocycles. The third-order valence-electron chi connectivity index (χ3n) is 4.72. The number of oxazole rings is 1. The van der Waals surface area contributed by atoms with Crippen LogP contribution in [0.3, 0.4) is 0 Å². The number of rotatable bonds is 9. The summed E-state index contributed by atoms with van der Waals surface area (Å²) >= 11 is 0. The molecule has 2 aromatic carbocycles. The Bertz CT molecular complexity index is 1170. The largest absolute Gasteiger partial charge is 0.444 e. The molecule has 3 aromatic rings. The average Bonchev–Trinajstić information content (AvgIpc) is 3.23. The van der Waals surface area contributed by atoms with Crippen molar-refractivity contribution < 1.29 is 17.6 Å². The third-order valence-corrected chi connectivity index (χ3v) is 6.56. The van der Waals surface area contributed by atoms with Crippen molar-refractivity contribution in [3.05, 3.63) is 78.7 Å². The molecule has 0 fully saturated rings. The van der Waals surface area contributed by atoms with Crippen LogP contribution >= 0.6 is 0 Å². The van der Waals surface area contributed by atoms with Crippen molar-refractivity contribution in [2.45, 2.75) is 18.2 Å². The number of sulfonamides is 1. The fourth-order valence-electron chi connectivity index (χ4n) is 2.90. The molecule has 32 heavy (non-hydrogen) atoms. The number of likely N-dealkylation sites (N-methyl/N-ethyl adjacent to an activating group) is 1. The van der Waals surface area contributed by atoms with E-state index in [1.54, 1.807) is 18.4 Å². The maximum atomic E-state index is 12.4. The molecular formula is C23H26N4O4S. The van der Waals surface area contributed by atoms with Crippen LogP contribution in [0.25, 0.3) is 11.5 Å². The number of nitrogens with one attached hydrogen (secondary N) is 2. The van der Waals surface area contributed by atoms with Crippen molar-refractivity contribution in [1.29, 1.82) is 0 Å². The Hall–Kier alpha value is -3.43. The van der Waals surface area contributed by atoms with Gasteiger partial charge in [-0.25, -0.2) is 18.2 Å². The number of benzene rings is 2. The third kappa shape index (κ3) is 5.83. The Morgan fingerprint density at radius 1 is 1.16 bits per heavy atom. The summed E-state index contributed by atoms with van der Waals surface area (Å²) in [6, 6.07) is 13.5. The number of anilines is 1. The number of aromatic nitrogens is 1. The monoisotopic (exact) mass is 454 g/mol. The summed E-state index contributed by atoms with van der Waals surface area (Å²) in [5.74, 6) is 0.540. The highest BCUT2D eigenvalue weighted by molar-refractivity contribution is 7.89. The standard InChI is InChI=1S/C23H26N4O4S/c1-4-15-27(3)32(29,30)21-11-9-19(10-12-21)26-23(28)24-14-13-20-16-31-22(25-20)18-7-5-17(2)6-8-18/h4-12,16H,1,13-15H2,2-3H3,(H2,24,26,28). The smallest absolute Gasteiger partial charge is 0.319 e. The summed E-state index contributed by atoms with van der Waals surface area (Å²) < 4.78 is 31.5. The van der Waals surface area contributed by atoms with Crippen molar-refractivity contribution in [2.24, 2.45) is 0 Å². The van der Waals surface area contributed by atoms with Gasteiger partial charge in [-0.15, -0.1) is 6.58 Å². The van der Waals surface area contributed by atoms with Crippen LogP contribution in [0.2, 0.25) is 0 Å². The lowest BCUT2D eigenvalue weighted by Crippen LogP contribution is -2.30. The molecule has 0 atom stereocenters. The second-order valence-corrected chi connectivity index (χ2v) is 9.28. The van der Waals surface area contributed by atoms with E-state index in [4.69, 9.17) is 4.42 Å². The number of hydrogen-bond acceptors (Lipinski definition) is 5. The molecule has 0 saturated carbocycles. The zero-order valence-corrected chi connectivity index (χ0v) is 18.9. The van der Waals surface area contributed by atoms with E-state index in [-0.39, 0.29) is 11.4 Å². The number of urea groups is 1. The Labute approximate surface area is 188 Å². The minimum absolute atomic E-state index is 0.142. The quantitative estimate of drug-likeness (QED) is 0.478. The van der Waals surface area contributed by atoms with Gasteiger partial charge in [0.25, 0.3) is 0 Å². The van der Waals surface area contributed by atoms with E-state index in [1.165, 1.54) is 29.6 Å². The number of nitrogens with zero attached hydrogens (tertiary/aromatic N) is 2. The van der Waals surface area contributed by atoms with Crippen LogP contribution in [0.4, 0.5) is 10.5 Å². The van der Waals surface area contributed by atoms with Gasteiger partial charge in [-0.3, -0.25) is 0 Å². The molecule has 3 rings (SSSR count). The van der Waals surface area contributed by atoms with Gasteiger partial charge in [0, 0.05) is 37.8 Å². The molecule has 9 heteroatoms. The Morgan fingerprint density at radius 3 is 2.50 bits per heavy atom. The lowest BCUT2D eigenvalue weighted by atomic mass is 10.1. The summed E-state index contributed by atoms with van der Waals surface area (Å²) in [4.78, 5) is 16.7. The summed E-state index contributed by atoms with van der Waals surface area (Å²) in [5.41, 5.74) is 3.27. The van der Waals surface area contributed by atoms with Gasteiger partial charge in [-0.1, -0.05) is 23.8 Å². The van der Waals surface area contributed by atoms with E-state index in [0.29, 0.717) is 24.5 Å². The first-order valence-corrected chi connectivity index (χ1v) is 11.5. The van der Waals surface area contributed by atoms with E-state index in [1.807, 2.05) is 31.2 Å². The first-order chi connectivity index (χ1) is 15.3. The van der Waals surface area contributed by atoms with E-state index in [9.17, 15) is 13.2 Å². The van der Waals surface area contributed by atoms with Crippen LogP contribution < -0.4 is 10.6 Å². The average molecular weight is 455 g/mol. The minimum Gasteiger partial charge on any atom is -0.444 e. The topological polar surface area (TPSA) is 105 Å². The molecule has 168 valence electrons. The molecule has 8 nitrogen and oxygen atoms in total. The van der Waals surface area contributed by atoms with Gasteiger partial charge in [-0.2, -0.15) is 4.31 Å². The molecule has 0 aliphatic rings. The van der Waals surface area contributed by atoms with Gasteiger partial charge < -0.3 is 15.1 Å². The van der Waals surface area contributed by atoms with Gasteiger partial charge in [0.2, 0.25) is 15.9 Å². The molecule has 0 unspecified atom stereocenters. The van der Waals surface area contributed by atoms with E-state index in [2.05, 4.69) is 22.2 Å². The zero-order chi connectivity index (χ0) is 23.1. The van der Waals surface area contributed by atoms with Crippen LogP contribution in [-0.4, -0.2) is 43.9 Å². The fourth-order valence-corrected chi connectivity index (χ4v) is 4.04. The van der Waals surface area contributed by atoms with Crippen molar-refractivity contribution in [3.63, 3.8) is 0 Å². The van der Waals surface area contributed by atoms with Crippen LogP contribution in [0.1, 0.15) is 11.3 Å². The van der Waals surface area contributed by atoms with Crippen LogP contribution in [0.5, 0.6) is 0 Å². The lowest BCUT2D eigenvalue weighted by Gasteiger charge is -2.15. The first kappa shape index (κ1) is 23.2. The molecule has 2 N–H and O–H groups in total. The van der Waals surface area contributed by atoms with Crippen molar-refractivity contribution in [3.8, 4) is 11.5 Å². The number of carbonyl (C=O) groups excluding carboxylic acids is 1. The number of hydrogen-bond donors (Lipinski definition) is 2. The molecule has 1 aromatic heterocycles. The van der Waals surface area contributed by atoms with Gasteiger partial charge in [0.15, 0.2) is 0 Å². The van der Waals surface area contributed by atoms with Crippen LogP contribution in [0.15, 0.2) is 76.8 Å². The molecule has 0 aliphatic heterocycles. The first-order valence-electron chi connectivity index (χ1n) is 10.0. The second-order valence-electron chi connectivity index (χ2n) is 7.24. The van der Waals surface area contributed by atoms with Crippen molar-refractivity contribution in [1.82, 2.24) is 14.6 Å². The molecule has 0 aliphatic carbocycles. The van der Waals surface area contributed by atoms with E-state index >= 15 is 0 Å². The molecule has 0 spiro atoms. The lowest BCUT2D eigenvalue weighted by molar-refractivity contribution is 0.252. The highest BCUT2D eigenvalue weighted by atomic mass is 32.2. The maximum absolute atomic E-state index is 12.4. The predicted octanol–water partition coefficient (Wildman–Crippen LogP) is 3.82.